The maximum atomic E-state index is 8.71. The summed E-state index contributed by atoms with van der Waals surface area (Å²) in [5, 5.41) is 8.71. The first kappa shape index (κ1) is 10.0. The third kappa shape index (κ3) is 2.72. The van der Waals surface area contributed by atoms with Crippen LogP contribution in [0.2, 0.25) is 0 Å². The first-order valence-electron chi connectivity index (χ1n) is 4.38. The van der Waals surface area contributed by atoms with Crippen LogP contribution in [0.4, 0.5) is 0 Å². The Labute approximate surface area is 79.2 Å². The van der Waals surface area contributed by atoms with Gasteiger partial charge in [-0.15, -0.1) is 0 Å². The molecule has 0 fully saturated rings. The van der Waals surface area contributed by atoms with Crippen molar-refractivity contribution in [1.29, 1.82) is 5.26 Å². The van der Waals surface area contributed by atoms with Crippen molar-refractivity contribution in [3.05, 3.63) is 11.3 Å². The van der Waals surface area contributed by atoms with E-state index in [0.29, 0.717) is 0 Å². The molecule has 1 heterocycles. The first-order valence-corrected chi connectivity index (χ1v) is 4.38. The van der Waals surface area contributed by atoms with E-state index in [1.54, 1.807) is 0 Å². The van der Waals surface area contributed by atoms with Gasteiger partial charge in [0.15, 0.2) is 0 Å². The molecule has 4 nitrogen and oxygen atoms in total. The zero-order valence-electron chi connectivity index (χ0n) is 8.25. The van der Waals surface area contributed by atoms with Crippen molar-refractivity contribution in [2.75, 3.05) is 40.3 Å². The molecule has 1 aliphatic heterocycles. The fourth-order valence-corrected chi connectivity index (χ4v) is 1.32. The first-order chi connectivity index (χ1) is 6.13. The summed E-state index contributed by atoms with van der Waals surface area (Å²) >= 11 is 0. The predicted molar refractivity (Wildman–Crippen MR) is 51.8 cm³/mol. The average molecular weight is 180 g/mol. The number of hydrogen-bond acceptors (Lipinski definition) is 4. The molecular weight excluding hydrogens is 164 g/mol. The molecule has 0 aromatic heterocycles. The van der Waals surface area contributed by atoms with Crippen LogP contribution in [0.5, 0.6) is 0 Å². The lowest BCUT2D eigenvalue weighted by Crippen LogP contribution is -2.31. The number of nitrogens with zero attached hydrogens (tertiary/aromatic N) is 3. The van der Waals surface area contributed by atoms with E-state index in [4.69, 9.17) is 11.0 Å². The predicted octanol–water partition coefficient (Wildman–Crippen LogP) is -0.400. The lowest BCUT2D eigenvalue weighted by Gasteiger charge is -2.17. The fraction of sp³-hybridized carbons (Fsp3) is 0.667. The summed E-state index contributed by atoms with van der Waals surface area (Å²) in [5.41, 5.74) is 7.16. The van der Waals surface area contributed by atoms with Crippen LogP contribution in [-0.2, 0) is 0 Å². The molecule has 0 saturated carbocycles. The van der Waals surface area contributed by atoms with E-state index < -0.39 is 0 Å². The standard InChI is InChI=1S/C9H16N4/c1-12(2)3-4-13-6-8(5-10)9(11)7-13/h3-4,6-7,11H2,1-2H3. The van der Waals surface area contributed by atoms with Crippen molar-refractivity contribution in [2.24, 2.45) is 5.73 Å². The van der Waals surface area contributed by atoms with Gasteiger partial charge in [-0.1, -0.05) is 0 Å². The quantitative estimate of drug-likeness (QED) is 0.642. The van der Waals surface area contributed by atoms with Gasteiger partial charge in [-0.05, 0) is 14.1 Å². The summed E-state index contributed by atoms with van der Waals surface area (Å²) in [4.78, 5) is 4.31. The minimum atomic E-state index is 0.718. The Hall–Kier alpha value is -1.05. The summed E-state index contributed by atoms with van der Waals surface area (Å²) < 4.78 is 0. The van der Waals surface area contributed by atoms with Gasteiger partial charge >= 0.3 is 0 Å². The second-order valence-corrected chi connectivity index (χ2v) is 3.63. The molecule has 72 valence electrons. The molecule has 1 aliphatic rings. The van der Waals surface area contributed by atoms with E-state index in [2.05, 4.69) is 15.9 Å². The van der Waals surface area contributed by atoms with Gasteiger partial charge in [-0.3, -0.25) is 4.90 Å². The fourth-order valence-electron chi connectivity index (χ4n) is 1.32. The van der Waals surface area contributed by atoms with Crippen LogP contribution in [0.25, 0.3) is 0 Å². The minimum absolute atomic E-state index is 0.718. The number of nitriles is 1. The normalized spacial score (nSPS) is 18.3. The van der Waals surface area contributed by atoms with Gasteiger partial charge in [0.05, 0.1) is 11.6 Å². The summed E-state index contributed by atoms with van der Waals surface area (Å²) in [6.07, 6.45) is 0. The van der Waals surface area contributed by atoms with Gasteiger partial charge in [0, 0.05) is 31.9 Å². The van der Waals surface area contributed by atoms with Gasteiger partial charge in [-0.25, -0.2) is 0 Å². The maximum Gasteiger partial charge on any atom is 0.0979 e. The van der Waals surface area contributed by atoms with Crippen LogP contribution in [0.1, 0.15) is 0 Å². The van der Waals surface area contributed by atoms with Crippen LogP contribution in [0.15, 0.2) is 11.3 Å². The SMILES string of the molecule is CN(C)CCN1CC(N)=C(C#N)C1. The summed E-state index contributed by atoms with van der Waals surface area (Å²) in [6.45, 7) is 3.44. The molecule has 13 heavy (non-hydrogen) atoms. The largest absolute Gasteiger partial charge is 0.400 e. The molecule has 2 N–H and O–H groups in total. The highest BCUT2D eigenvalue weighted by molar-refractivity contribution is 5.32. The third-order valence-electron chi connectivity index (χ3n) is 2.16. The Kier molecular flexibility index (Phi) is 3.29. The molecule has 0 radical (unpaired) electrons. The Balaban J connectivity index is 2.34. The molecule has 0 bridgehead atoms. The Morgan fingerprint density at radius 1 is 1.54 bits per heavy atom. The lowest BCUT2D eigenvalue weighted by molar-refractivity contribution is 0.288. The van der Waals surface area contributed by atoms with Crippen molar-refractivity contribution in [3.63, 3.8) is 0 Å². The summed E-state index contributed by atoms with van der Waals surface area (Å²) in [7, 11) is 4.08. The monoisotopic (exact) mass is 180 g/mol. The topological polar surface area (TPSA) is 56.3 Å². The highest BCUT2D eigenvalue weighted by atomic mass is 15.2. The van der Waals surface area contributed by atoms with Crippen LogP contribution in [0, 0.1) is 11.3 Å². The van der Waals surface area contributed by atoms with Gasteiger partial charge in [0.25, 0.3) is 0 Å². The van der Waals surface area contributed by atoms with E-state index in [9.17, 15) is 0 Å². The molecule has 1 rings (SSSR count). The number of hydrogen-bond donors (Lipinski definition) is 1. The molecule has 0 aromatic carbocycles. The van der Waals surface area contributed by atoms with E-state index in [1.165, 1.54) is 0 Å². The van der Waals surface area contributed by atoms with Crippen molar-refractivity contribution >= 4 is 0 Å². The molecule has 0 unspecified atom stereocenters. The summed E-state index contributed by atoms with van der Waals surface area (Å²) in [6, 6.07) is 2.13. The lowest BCUT2D eigenvalue weighted by atomic mass is 10.3. The highest BCUT2D eigenvalue weighted by Gasteiger charge is 2.18. The molecule has 0 aromatic rings. The molecule has 4 heteroatoms. The molecule has 0 amide bonds. The van der Waals surface area contributed by atoms with Crippen LogP contribution < -0.4 is 5.73 Å². The van der Waals surface area contributed by atoms with E-state index in [0.717, 1.165) is 37.4 Å². The number of nitrogens with two attached hydrogens (primary N) is 1. The molecule has 0 saturated heterocycles. The van der Waals surface area contributed by atoms with Crippen LogP contribution >= 0.6 is 0 Å². The maximum absolute atomic E-state index is 8.71. The molecule has 0 atom stereocenters. The van der Waals surface area contributed by atoms with Crippen LogP contribution in [0.3, 0.4) is 0 Å². The number of rotatable bonds is 3. The van der Waals surface area contributed by atoms with Gasteiger partial charge in [0.1, 0.15) is 0 Å². The zero-order valence-corrected chi connectivity index (χ0v) is 8.25. The minimum Gasteiger partial charge on any atom is -0.400 e. The van der Waals surface area contributed by atoms with Crippen molar-refractivity contribution in [1.82, 2.24) is 9.80 Å². The molecule has 0 spiro atoms. The van der Waals surface area contributed by atoms with Gasteiger partial charge < -0.3 is 10.6 Å². The van der Waals surface area contributed by atoms with Crippen molar-refractivity contribution < 1.29 is 0 Å². The van der Waals surface area contributed by atoms with Gasteiger partial charge in [-0.2, -0.15) is 5.26 Å². The second kappa shape index (κ2) is 4.26. The zero-order chi connectivity index (χ0) is 9.84. The molecular formula is C9H16N4. The Morgan fingerprint density at radius 3 is 2.69 bits per heavy atom. The van der Waals surface area contributed by atoms with Crippen molar-refractivity contribution in [2.45, 2.75) is 0 Å². The Morgan fingerprint density at radius 2 is 2.23 bits per heavy atom. The van der Waals surface area contributed by atoms with E-state index in [1.807, 2.05) is 14.1 Å². The second-order valence-electron chi connectivity index (χ2n) is 3.63. The highest BCUT2D eigenvalue weighted by Crippen LogP contribution is 2.11. The van der Waals surface area contributed by atoms with E-state index >= 15 is 0 Å². The third-order valence-corrected chi connectivity index (χ3v) is 2.16. The average Bonchev–Trinajstić information content (AvgIpc) is 2.43. The summed E-state index contributed by atoms with van der Waals surface area (Å²) in [5.74, 6) is 0. The Bertz CT molecular complexity index is 249. The van der Waals surface area contributed by atoms with E-state index in [-0.39, 0.29) is 0 Å². The molecule has 0 aliphatic carbocycles. The van der Waals surface area contributed by atoms with Crippen LogP contribution in [-0.4, -0.2) is 50.1 Å². The smallest absolute Gasteiger partial charge is 0.0979 e. The van der Waals surface area contributed by atoms with Gasteiger partial charge in [0.2, 0.25) is 0 Å². The van der Waals surface area contributed by atoms with Crippen molar-refractivity contribution in [3.8, 4) is 6.07 Å². The number of likely N-dealkylation sites (N-methyl/N-ethyl adjacent to an activating group) is 1.